The molecule has 6 heteroatoms. The van der Waals surface area contributed by atoms with Crippen molar-refractivity contribution in [2.45, 2.75) is 6.54 Å². The maximum absolute atomic E-state index is 10.6. The van der Waals surface area contributed by atoms with Gasteiger partial charge >= 0.3 is 0 Å². The lowest BCUT2D eigenvalue weighted by Gasteiger charge is -1.96. The van der Waals surface area contributed by atoms with E-state index in [1.54, 1.807) is 18.5 Å². The number of hydrogen-bond donors (Lipinski definition) is 1. The number of pyridine rings is 1. The van der Waals surface area contributed by atoms with E-state index in [0.29, 0.717) is 11.6 Å². The van der Waals surface area contributed by atoms with Crippen molar-refractivity contribution in [1.29, 1.82) is 0 Å². The molecule has 1 heterocycles. The van der Waals surface area contributed by atoms with Gasteiger partial charge in [-0.1, -0.05) is 29.3 Å². The first kappa shape index (κ1) is 15.9. The van der Waals surface area contributed by atoms with Crippen molar-refractivity contribution in [3.63, 3.8) is 0 Å². The predicted molar refractivity (Wildman–Crippen MR) is 78.8 cm³/mol. The number of hydrogen-bond acceptors (Lipinski definition) is 3. The van der Waals surface area contributed by atoms with E-state index in [4.69, 9.17) is 40.5 Å². The molecule has 0 spiro atoms. The van der Waals surface area contributed by atoms with Gasteiger partial charge in [0.2, 0.25) is 0 Å². The van der Waals surface area contributed by atoms with Crippen molar-refractivity contribution < 1.29 is 4.79 Å². The van der Waals surface area contributed by atoms with Gasteiger partial charge in [0.15, 0.2) is 0 Å². The Bertz CT molecular complexity index is 547. The van der Waals surface area contributed by atoms with E-state index in [1.807, 2.05) is 12.1 Å². The van der Waals surface area contributed by atoms with Crippen LogP contribution in [0.25, 0.3) is 0 Å². The number of benzene rings is 1. The van der Waals surface area contributed by atoms with Crippen LogP contribution in [0.5, 0.6) is 0 Å². The number of rotatable bonds is 2. The van der Waals surface area contributed by atoms with Crippen LogP contribution in [-0.4, -0.2) is 10.2 Å². The topological polar surface area (TPSA) is 56.0 Å². The summed E-state index contributed by atoms with van der Waals surface area (Å²) in [4.78, 5) is 14.5. The van der Waals surface area contributed by atoms with Crippen LogP contribution in [0.2, 0.25) is 10.0 Å². The minimum absolute atomic E-state index is 0.275. The Morgan fingerprint density at radius 3 is 2.42 bits per heavy atom. The van der Waals surface area contributed by atoms with Gasteiger partial charge in [0.1, 0.15) is 0 Å². The molecule has 0 saturated heterocycles. The molecule has 0 atom stereocenters. The van der Waals surface area contributed by atoms with Crippen LogP contribution in [0.1, 0.15) is 15.9 Å². The van der Waals surface area contributed by atoms with Crippen molar-refractivity contribution in [3.05, 3.63) is 63.9 Å². The molecule has 0 aliphatic carbocycles. The van der Waals surface area contributed by atoms with Gasteiger partial charge in [-0.15, -0.1) is 0 Å². The highest BCUT2D eigenvalue weighted by molar-refractivity contribution is 6.68. The largest absolute Gasteiger partial charge is 0.326 e. The van der Waals surface area contributed by atoms with E-state index in [2.05, 4.69) is 4.98 Å². The van der Waals surface area contributed by atoms with Crippen LogP contribution in [-0.2, 0) is 6.54 Å². The Hall–Kier alpha value is -1.13. The molecule has 0 radical (unpaired) electrons. The molecule has 1 aromatic carbocycles. The maximum atomic E-state index is 10.6. The Kier molecular flexibility index (Phi) is 6.81. The molecule has 0 bridgehead atoms. The SMILES string of the molecule is NCc1cccnc1.O=C(Cl)c1ccc(Cl)cc1Cl. The van der Waals surface area contributed by atoms with Gasteiger partial charge in [-0.3, -0.25) is 9.78 Å². The predicted octanol–water partition coefficient (Wildman–Crippen LogP) is 3.91. The van der Waals surface area contributed by atoms with Crippen molar-refractivity contribution in [3.8, 4) is 0 Å². The zero-order chi connectivity index (χ0) is 14.3. The molecular formula is C13H11Cl3N2O. The summed E-state index contributed by atoms with van der Waals surface area (Å²) < 4.78 is 0. The fourth-order valence-corrected chi connectivity index (χ4v) is 1.88. The first-order valence-corrected chi connectivity index (χ1v) is 6.42. The molecule has 0 aliphatic heterocycles. The maximum Gasteiger partial charge on any atom is 0.253 e. The standard InChI is InChI=1S/C7H3Cl3O.C6H8N2/c8-4-1-2-5(7(10)11)6(9)3-4;7-4-6-2-1-3-8-5-6/h1-3H;1-3,5H,4,7H2. The number of carbonyl (C=O) groups is 1. The number of aromatic nitrogens is 1. The van der Waals surface area contributed by atoms with E-state index >= 15 is 0 Å². The zero-order valence-corrected chi connectivity index (χ0v) is 12.1. The van der Waals surface area contributed by atoms with E-state index in [1.165, 1.54) is 12.1 Å². The second-order valence-corrected chi connectivity index (χ2v) is 4.65. The molecule has 0 saturated carbocycles. The second kappa shape index (κ2) is 8.12. The summed E-state index contributed by atoms with van der Waals surface area (Å²) in [5, 5.41) is 0.181. The van der Waals surface area contributed by atoms with Gasteiger partial charge < -0.3 is 5.73 Å². The van der Waals surface area contributed by atoms with E-state index in [-0.39, 0.29) is 10.6 Å². The number of nitrogens with two attached hydrogens (primary N) is 1. The van der Waals surface area contributed by atoms with E-state index in [9.17, 15) is 4.79 Å². The smallest absolute Gasteiger partial charge is 0.253 e. The Morgan fingerprint density at radius 2 is 2.00 bits per heavy atom. The quantitative estimate of drug-likeness (QED) is 0.854. The van der Waals surface area contributed by atoms with Crippen molar-refractivity contribution in [2.75, 3.05) is 0 Å². The van der Waals surface area contributed by atoms with Gasteiger partial charge in [-0.05, 0) is 41.4 Å². The molecule has 1 aromatic heterocycles. The first-order chi connectivity index (χ1) is 9.04. The molecular weight excluding hydrogens is 307 g/mol. The molecule has 2 N–H and O–H groups in total. The highest BCUT2D eigenvalue weighted by Gasteiger charge is 2.06. The highest BCUT2D eigenvalue weighted by atomic mass is 35.5. The van der Waals surface area contributed by atoms with Gasteiger partial charge in [-0.2, -0.15) is 0 Å². The van der Waals surface area contributed by atoms with Gasteiger partial charge in [0, 0.05) is 24.0 Å². The van der Waals surface area contributed by atoms with Crippen molar-refractivity contribution in [1.82, 2.24) is 4.98 Å². The van der Waals surface area contributed by atoms with Gasteiger partial charge in [0.05, 0.1) is 10.6 Å². The lowest BCUT2D eigenvalue weighted by molar-refractivity contribution is 0.108. The van der Waals surface area contributed by atoms with Crippen LogP contribution in [0.15, 0.2) is 42.7 Å². The average Bonchev–Trinajstić information content (AvgIpc) is 2.40. The lowest BCUT2D eigenvalue weighted by atomic mass is 10.2. The average molecular weight is 318 g/mol. The normalized spacial score (nSPS) is 9.47. The number of carbonyl (C=O) groups excluding carboxylic acids is 1. The van der Waals surface area contributed by atoms with Crippen LogP contribution in [0, 0.1) is 0 Å². The fraction of sp³-hybridized carbons (Fsp3) is 0.0769. The van der Waals surface area contributed by atoms with E-state index < -0.39 is 5.24 Å². The Balaban J connectivity index is 0.000000200. The van der Waals surface area contributed by atoms with Gasteiger partial charge in [0.25, 0.3) is 5.24 Å². The zero-order valence-electron chi connectivity index (χ0n) is 9.82. The summed E-state index contributed by atoms with van der Waals surface area (Å²) in [5.74, 6) is 0. The van der Waals surface area contributed by atoms with E-state index in [0.717, 1.165) is 5.56 Å². The molecule has 100 valence electrons. The third-order valence-corrected chi connectivity index (χ3v) is 2.85. The molecule has 19 heavy (non-hydrogen) atoms. The summed E-state index contributed by atoms with van der Waals surface area (Å²) in [6, 6.07) is 8.34. The lowest BCUT2D eigenvalue weighted by Crippen LogP contribution is -1.95. The summed E-state index contributed by atoms with van der Waals surface area (Å²) in [6.07, 6.45) is 3.50. The molecule has 0 unspecified atom stereocenters. The summed E-state index contributed by atoms with van der Waals surface area (Å²) in [5.41, 5.74) is 6.66. The summed E-state index contributed by atoms with van der Waals surface area (Å²) in [7, 11) is 0. The molecule has 0 fully saturated rings. The summed E-state index contributed by atoms with van der Waals surface area (Å²) in [6.45, 7) is 0.577. The minimum atomic E-state index is -0.577. The van der Waals surface area contributed by atoms with Crippen LogP contribution in [0.3, 0.4) is 0 Å². The minimum Gasteiger partial charge on any atom is -0.326 e. The number of nitrogens with zero attached hydrogens (tertiary/aromatic N) is 1. The molecule has 3 nitrogen and oxygen atoms in total. The molecule has 2 aromatic rings. The first-order valence-electron chi connectivity index (χ1n) is 5.28. The molecule has 2 rings (SSSR count). The Morgan fingerprint density at radius 1 is 1.26 bits per heavy atom. The highest BCUT2D eigenvalue weighted by Crippen LogP contribution is 2.21. The Labute approximate surface area is 126 Å². The monoisotopic (exact) mass is 316 g/mol. The number of halogens is 3. The van der Waals surface area contributed by atoms with Crippen molar-refractivity contribution >= 4 is 40.0 Å². The molecule has 0 aliphatic rings. The van der Waals surface area contributed by atoms with Crippen molar-refractivity contribution in [2.24, 2.45) is 5.73 Å². The van der Waals surface area contributed by atoms with Gasteiger partial charge in [-0.25, -0.2) is 0 Å². The van der Waals surface area contributed by atoms with Crippen LogP contribution < -0.4 is 5.73 Å². The van der Waals surface area contributed by atoms with Crippen LogP contribution in [0.4, 0.5) is 0 Å². The summed E-state index contributed by atoms with van der Waals surface area (Å²) >= 11 is 16.4. The third kappa shape index (κ3) is 5.57. The second-order valence-electron chi connectivity index (χ2n) is 3.46. The van der Waals surface area contributed by atoms with Crippen LogP contribution >= 0.6 is 34.8 Å². The third-order valence-electron chi connectivity index (χ3n) is 2.10. The molecule has 0 amide bonds. The fourth-order valence-electron chi connectivity index (χ4n) is 1.17.